The lowest BCUT2D eigenvalue weighted by Crippen LogP contribution is -2.26. The van der Waals surface area contributed by atoms with Gasteiger partial charge in [0.25, 0.3) is 5.91 Å². The highest BCUT2D eigenvalue weighted by Gasteiger charge is 2.18. The zero-order chi connectivity index (χ0) is 18.7. The largest absolute Gasteiger partial charge is 0.490 e. The van der Waals surface area contributed by atoms with E-state index in [1.807, 2.05) is 20.8 Å². The zero-order valence-corrected chi connectivity index (χ0v) is 15.3. The molecular formula is C18H27NO6. The summed E-state index contributed by atoms with van der Waals surface area (Å²) in [4.78, 5) is 23.7. The molecule has 0 saturated heterocycles. The highest BCUT2D eigenvalue weighted by molar-refractivity contribution is 5.95. The van der Waals surface area contributed by atoms with E-state index in [9.17, 15) is 9.59 Å². The standard InChI is InChI=1S/C18H27NO6/c1-5-22-14-11-13(12-15(23-6-2)17(14)25-8-4)18(21)19-10-9-16(20)24-7-3/h11-12H,5-10H2,1-4H3,(H,19,21). The van der Waals surface area contributed by atoms with Crippen LogP contribution in [0.1, 0.15) is 44.5 Å². The Balaban J connectivity index is 2.93. The summed E-state index contributed by atoms with van der Waals surface area (Å²) in [6.07, 6.45) is 0.118. The van der Waals surface area contributed by atoms with Crippen LogP contribution >= 0.6 is 0 Å². The predicted octanol–water partition coefficient (Wildman–Crippen LogP) is 2.57. The molecule has 140 valence electrons. The fourth-order valence-corrected chi connectivity index (χ4v) is 2.13. The van der Waals surface area contributed by atoms with Crippen molar-refractivity contribution in [2.45, 2.75) is 34.1 Å². The van der Waals surface area contributed by atoms with E-state index in [1.54, 1.807) is 19.1 Å². The van der Waals surface area contributed by atoms with Gasteiger partial charge in [-0.25, -0.2) is 0 Å². The monoisotopic (exact) mass is 353 g/mol. The smallest absolute Gasteiger partial charge is 0.307 e. The van der Waals surface area contributed by atoms with Gasteiger partial charge in [-0.3, -0.25) is 9.59 Å². The molecule has 1 N–H and O–H groups in total. The van der Waals surface area contributed by atoms with Crippen molar-refractivity contribution >= 4 is 11.9 Å². The van der Waals surface area contributed by atoms with Crippen LogP contribution in [0.5, 0.6) is 17.2 Å². The lowest BCUT2D eigenvalue weighted by Gasteiger charge is -2.17. The molecule has 1 aromatic carbocycles. The third kappa shape index (κ3) is 6.52. The molecule has 0 radical (unpaired) electrons. The molecule has 0 bridgehead atoms. The Morgan fingerprint density at radius 3 is 1.92 bits per heavy atom. The average molecular weight is 353 g/mol. The molecule has 1 rings (SSSR count). The summed E-state index contributed by atoms with van der Waals surface area (Å²) in [5, 5.41) is 2.69. The minimum Gasteiger partial charge on any atom is -0.490 e. The third-order valence-corrected chi connectivity index (χ3v) is 3.09. The number of carbonyl (C=O) groups is 2. The number of amides is 1. The number of rotatable bonds is 11. The molecule has 0 saturated carbocycles. The minimum absolute atomic E-state index is 0.118. The second-order valence-electron chi connectivity index (χ2n) is 4.91. The molecule has 7 nitrogen and oxygen atoms in total. The Hall–Kier alpha value is -2.44. The summed E-state index contributed by atoms with van der Waals surface area (Å²) < 4.78 is 21.6. The quantitative estimate of drug-likeness (QED) is 0.616. The molecule has 0 heterocycles. The highest BCUT2D eigenvalue weighted by atomic mass is 16.5. The maximum Gasteiger partial charge on any atom is 0.307 e. The van der Waals surface area contributed by atoms with Crippen molar-refractivity contribution in [3.8, 4) is 17.2 Å². The summed E-state index contributed by atoms with van der Waals surface area (Å²) in [5.41, 5.74) is 0.374. The molecule has 0 aliphatic carbocycles. The zero-order valence-electron chi connectivity index (χ0n) is 15.3. The van der Waals surface area contributed by atoms with Crippen LogP contribution in [0.25, 0.3) is 0 Å². The van der Waals surface area contributed by atoms with Gasteiger partial charge < -0.3 is 24.3 Å². The number of ether oxygens (including phenoxy) is 4. The van der Waals surface area contributed by atoms with Crippen LogP contribution in [-0.4, -0.2) is 44.8 Å². The van der Waals surface area contributed by atoms with E-state index in [0.717, 1.165) is 0 Å². The lowest BCUT2D eigenvalue weighted by atomic mass is 10.1. The minimum atomic E-state index is -0.348. The van der Waals surface area contributed by atoms with Crippen molar-refractivity contribution in [2.75, 3.05) is 33.0 Å². The van der Waals surface area contributed by atoms with Gasteiger partial charge in [0.1, 0.15) is 0 Å². The van der Waals surface area contributed by atoms with Gasteiger partial charge in [-0.05, 0) is 39.8 Å². The van der Waals surface area contributed by atoms with Crippen LogP contribution in [0.3, 0.4) is 0 Å². The van der Waals surface area contributed by atoms with Crippen LogP contribution in [0.2, 0.25) is 0 Å². The molecule has 0 aliphatic heterocycles. The number of hydrogen-bond acceptors (Lipinski definition) is 6. The van der Waals surface area contributed by atoms with E-state index in [2.05, 4.69) is 5.32 Å². The van der Waals surface area contributed by atoms with Crippen molar-refractivity contribution in [2.24, 2.45) is 0 Å². The van der Waals surface area contributed by atoms with Gasteiger partial charge in [0.2, 0.25) is 5.75 Å². The van der Waals surface area contributed by atoms with Crippen LogP contribution in [0.4, 0.5) is 0 Å². The molecule has 0 unspecified atom stereocenters. The summed E-state index contributed by atoms with van der Waals surface area (Å²) in [7, 11) is 0. The molecule has 0 spiro atoms. The summed E-state index contributed by atoms with van der Waals surface area (Å²) in [5.74, 6) is 0.708. The first-order valence-electron chi connectivity index (χ1n) is 8.57. The Morgan fingerprint density at radius 1 is 0.880 bits per heavy atom. The molecule has 0 aliphatic rings. The lowest BCUT2D eigenvalue weighted by molar-refractivity contribution is -0.142. The maximum atomic E-state index is 12.4. The van der Waals surface area contributed by atoms with E-state index >= 15 is 0 Å². The van der Waals surface area contributed by atoms with Crippen LogP contribution in [-0.2, 0) is 9.53 Å². The van der Waals surface area contributed by atoms with Crippen LogP contribution in [0.15, 0.2) is 12.1 Å². The fraction of sp³-hybridized carbons (Fsp3) is 0.556. The van der Waals surface area contributed by atoms with Crippen molar-refractivity contribution in [1.82, 2.24) is 5.32 Å². The molecule has 7 heteroatoms. The van der Waals surface area contributed by atoms with E-state index in [4.69, 9.17) is 18.9 Å². The van der Waals surface area contributed by atoms with Gasteiger partial charge in [0, 0.05) is 12.1 Å². The normalized spacial score (nSPS) is 10.1. The van der Waals surface area contributed by atoms with Gasteiger partial charge in [0.15, 0.2) is 11.5 Å². The number of carbonyl (C=O) groups excluding carboxylic acids is 2. The summed E-state index contributed by atoms with van der Waals surface area (Å²) >= 11 is 0. The molecule has 0 fully saturated rings. The average Bonchev–Trinajstić information content (AvgIpc) is 2.58. The van der Waals surface area contributed by atoms with E-state index < -0.39 is 0 Å². The van der Waals surface area contributed by atoms with Gasteiger partial charge >= 0.3 is 5.97 Å². The number of hydrogen-bond donors (Lipinski definition) is 1. The van der Waals surface area contributed by atoms with Crippen molar-refractivity contribution < 1.29 is 28.5 Å². The van der Waals surface area contributed by atoms with Gasteiger partial charge in [-0.1, -0.05) is 0 Å². The summed E-state index contributed by atoms with van der Waals surface area (Å²) in [6.45, 7) is 9.12. The Morgan fingerprint density at radius 2 is 1.44 bits per heavy atom. The molecular weight excluding hydrogens is 326 g/mol. The van der Waals surface area contributed by atoms with Crippen molar-refractivity contribution in [3.63, 3.8) is 0 Å². The molecule has 1 aromatic rings. The molecule has 0 aromatic heterocycles. The highest BCUT2D eigenvalue weighted by Crippen LogP contribution is 2.39. The fourth-order valence-electron chi connectivity index (χ4n) is 2.13. The third-order valence-electron chi connectivity index (χ3n) is 3.09. The SMILES string of the molecule is CCOC(=O)CCNC(=O)c1cc(OCC)c(OCC)c(OCC)c1. The topological polar surface area (TPSA) is 83.1 Å². The Kier molecular flexibility index (Phi) is 9.21. The first-order chi connectivity index (χ1) is 12.1. The van der Waals surface area contributed by atoms with Gasteiger partial charge in [-0.15, -0.1) is 0 Å². The Labute approximate surface area is 148 Å². The first kappa shape index (κ1) is 20.6. The second kappa shape index (κ2) is 11.2. The van der Waals surface area contributed by atoms with Gasteiger partial charge in [0.05, 0.1) is 32.8 Å². The number of benzene rings is 1. The summed E-state index contributed by atoms with van der Waals surface area (Å²) in [6, 6.07) is 3.22. The molecule has 0 atom stereocenters. The van der Waals surface area contributed by atoms with E-state index in [-0.39, 0.29) is 24.8 Å². The van der Waals surface area contributed by atoms with Crippen LogP contribution < -0.4 is 19.5 Å². The molecule has 25 heavy (non-hydrogen) atoms. The van der Waals surface area contributed by atoms with Gasteiger partial charge in [-0.2, -0.15) is 0 Å². The van der Waals surface area contributed by atoms with Crippen molar-refractivity contribution in [1.29, 1.82) is 0 Å². The molecule has 1 amide bonds. The van der Waals surface area contributed by atoms with Crippen molar-refractivity contribution in [3.05, 3.63) is 17.7 Å². The van der Waals surface area contributed by atoms with Crippen LogP contribution in [0, 0.1) is 0 Å². The first-order valence-corrected chi connectivity index (χ1v) is 8.57. The van der Waals surface area contributed by atoms with E-state index in [0.29, 0.717) is 49.2 Å². The maximum absolute atomic E-state index is 12.4. The Bertz CT molecular complexity index is 546. The number of nitrogens with one attached hydrogen (secondary N) is 1. The second-order valence-corrected chi connectivity index (χ2v) is 4.91. The predicted molar refractivity (Wildman–Crippen MR) is 93.5 cm³/mol. The van der Waals surface area contributed by atoms with E-state index in [1.165, 1.54) is 0 Å². The number of esters is 1.